The fourth-order valence-corrected chi connectivity index (χ4v) is 8.78. The lowest BCUT2D eigenvalue weighted by molar-refractivity contribution is 0.269. The Labute approximate surface area is 116 Å². The number of allylic oxidation sites excluding steroid dienone is 1. The molecule has 18 heavy (non-hydrogen) atoms. The molecular weight excluding hydrogens is 236 g/mol. The van der Waals surface area contributed by atoms with Gasteiger partial charge in [0.15, 0.2) is 8.32 Å². The molecule has 1 nitrogen and oxygen atoms in total. The Morgan fingerprint density at radius 3 is 1.72 bits per heavy atom. The average molecular weight is 271 g/mol. The van der Waals surface area contributed by atoms with Crippen LogP contribution in [0.2, 0.25) is 16.6 Å². The van der Waals surface area contributed by atoms with Gasteiger partial charge in [0.1, 0.15) is 0 Å². The quantitative estimate of drug-likeness (QED) is 0.287. The first kappa shape index (κ1) is 17.9. The zero-order valence-electron chi connectivity index (χ0n) is 13.7. The predicted octanol–water partition coefficient (Wildman–Crippen LogP) is 5.92. The van der Waals surface area contributed by atoms with E-state index in [0.29, 0.717) is 16.6 Å². The summed E-state index contributed by atoms with van der Waals surface area (Å²) in [6.07, 6.45) is 3.53. The zero-order chi connectivity index (χ0) is 14.3. The van der Waals surface area contributed by atoms with Crippen molar-refractivity contribution in [2.75, 3.05) is 6.61 Å². The van der Waals surface area contributed by atoms with Crippen LogP contribution in [0.1, 0.15) is 67.7 Å². The minimum atomic E-state index is -1.63. The third-order valence-electron chi connectivity index (χ3n) is 4.06. The lowest BCUT2D eigenvalue weighted by Crippen LogP contribution is -2.47. The van der Waals surface area contributed by atoms with Gasteiger partial charge in [-0.1, -0.05) is 47.1 Å². The molecule has 0 aliphatic heterocycles. The van der Waals surface area contributed by atoms with E-state index in [1.165, 1.54) is 18.4 Å². The minimum absolute atomic E-state index is 0.693. The van der Waals surface area contributed by atoms with Crippen molar-refractivity contribution in [3.63, 3.8) is 0 Å². The van der Waals surface area contributed by atoms with E-state index < -0.39 is 8.32 Å². The average Bonchev–Trinajstić information content (AvgIpc) is 2.20. The molecule has 108 valence electrons. The molecule has 0 bridgehead atoms. The minimum Gasteiger partial charge on any atom is -0.416 e. The molecule has 2 heteroatoms. The van der Waals surface area contributed by atoms with Gasteiger partial charge in [0.25, 0.3) is 0 Å². The van der Waals surface area contributed by atoms with E-state index in [1.807, 2.05) is 0 Å². The van der Waals surface area contributed by atoms with Crippen LogP contribution in [0.3, 0.4) is 0 Å². The third kappa shape index (κ3) is 4.89. The third-order valence-corrected chi connectivity index (χ3v) is 10.2. The second-order valence-corrected chi connectivity index (χ2v) is 12.0. The van der Waals surface area contributed by atoms with Crippen molar-refractivity contribution in [2.45, 2.75) is 84.4 Å². The summed E-state index contributed by atoms with van der Waals surface area (Å²) in [6.45, 7) is 21.1. The molecule has 0 aliphatic rings. The lowest BCUT2D eigenvalue weighted by atomic mass is 10.1. The van der Waals surface area contributed by atoms with E-state index in [-0.39, 0.29) is 0 Å². The standard InChI is InChI=1S/C16H34OSi/c1-13(2)11-9-10-12-17-18(14(3)4,15(5)6)16(7)8/h14-16H,1,9-12H2,2-8H3. The fraction of sp³-hybridized carbons (Fsp3) is 0.875. The molecule has 0 aromatic carbocycles. The van der Waals surface area contributed by atoms with Crippen molar-refractivity contribution < 1.29 is 4.43 Å². The Morgan fingerprint density at radius 2 is 1.39 bits per heavy atom. The molecule has 0 spiro atoms. The molecule has 0 atom stereocenters. The van der Waals surface area contributed by atoms with Crippen LogP contribution in [-0.4, -0.2) is 14.9 Å². The van der Waals surface area contributed by atoms with E-state index in [9.17, 15) is 0 Å². The molecule has 0 rings (SSSR count). The Bertz CT molecular complexity index is 222. The predicted molar refractivity (Wildman–Crippen MR) is 85.7 cm³/mol. The van der Waals surface area contributed by atoms with Crippen LogP contribution in [0, 0.1) is 0 Å². The number of hydrogen-bond donors (Lipinski definition) is 0. The normalized spacial score (nSPS) is 12.8. The maximum Gasteiger partial charge on any atom is 0.200 e. The highest BCUT2D eigenvalue weighted by Crippen LogP contribution is 2.42. The van der Waals surface area contributed by atoms with Gasteiger partial charge in [-0.3, -0.25) is 0 Å². The van der Waals surface area contributed by atoms with Gasteiger partial charge in [0, 0.05) is 6.61 Å². The monoisotopic (exact) mass is 270 g/mol. The van der Waals surface area contributed by atoms with Gasteiger partial charge >= 0.3 is 0 Å². The molecule has 0 radical (unpaired) electrons. The molecular formula is C16H34OSi. The van der Waals surface area contributed by atoms with E-state index in [1.54, 1.807) is 0 Å². The van der Waals surface area contributed by atoms with E-state index in [4.69, 9.17) is 4.43 Å². The van der Waals surface area contributed by atoms with Crippen LogP contribution < -0.4 is 0 Å². The first-order chi connectivity index (χ1) is 8.25. The first-order valence-corrected chi connectivity index (χ1v) is 9.67. The highest BCUT2D eigenvalue weighted by Gasteiger charge is 2.44. The maximum atomic E-state index is 6.51. The highest BCUT2D eigenvalue weighted by atomic mass is 28.4. The summed E-state index contributed by atoms with van der Waals surface area (Å²) in [5.74, 6) is 0. The summed E-state index contributed by atoms with van der Waals surface area (Å²) in [4.78, 5) is 0. The molecule has 0 N–H and O–H groups in total. The van der Waals surface area contributed by atoms with Crippen molar-refractivity contribution in [2.24, 2.45) is 0 Å². The maximum absolute atomic E-state index is 6.51. The number of hydrogen-bond acceptors (Lipinski definition) is 1. The number of unbranched alkanes of at least 4 members (excludes halogenated alkanes) is 1. The van der Waals surface area contributed by atoms with Crippen molar-refractivity contribution in [3.8, 4) is 0 Å². The molecule has 0 unspecified atom stereocenters. The molecule has 0 amide bonds. The molecule has 0 aromatic heterocycles. The second kappa shape index (κ2) is 8.16. The zero-order valence-corrected chi connectivity index (χ0v) is 14.7. The van der Waals surface area contributed by atoms with Gasteiger partial charge in [0.05, 0.1) is 0 Å². The largest absolute Gasteiger partial charge is 0.416 e. The van der Waals surface area contributed by atoms with E-state index in [0.717, 1.165) is 13.0 Å². The second-order valence-electron chi connectivity index (χ2n) is 6.58. The summed E-state index contributed by atoms with van der Waals surface area (Å²) in [7, 11) is -1.63. The molecule has 0 aromatic rings. The first-order valence-electron chi connectivity index (χ1n) is 7.53. The molecule has 0 fully saturated rings. The van der Waals surface area contributed by atoms with Crippen LogP contribution in [0.5, 0.6) is 0 Å². The fourth-order valence-electron chi connectivity index (χ4n) is 3.28. The van der Waals surface area contributed by atoms with Crippen LogP contribution in [0.4, 0.5) is 0 Å². The van der Waals surface area contributed by atoms with Crippen LogP contribution in [0.15, 0.2) is 12.2 Å². The van der Waals surface area contributed by atoms with Gasteiger partial charge in [-0.05, 0) is 42.8 Å². The molecule has 0 aliphatic carbocycles. The van der Waals surface area contributed by atoms with Crippen molar-refractivity contribution in [3.05, 3.63) is 12.2 Å². The van der Waals surface area contributed by atoms with Gasteiger partial charge in [-0.25, -0.2) is 0 Å². The molecule has 0 saturated carbocycles. The lowest BCUT2D eigenvalue weighted by Gasteiger charge is -2.42. The van der Waals surface area contributed by atoms with Crippen molar-refractivity contribution >= 4 is 8.32 Å². The summed E-state index contributed by atoms with van der Waals surface area (Å²) in [5, 5.41) is 0. The van der Waals surface area contributed by atoms with Crippen LogP contribution in [-0.2, 0) is 4.43 Å². The highest BCUT2D eigenvalue weighted by molar-refractivity contribution is 6.77. The Hall–Kier alpha value is -0.0831. The Kier molecular flexibility index (Phi) is 8.12. The summed E-state index contributed by atoms with van der Waals surface area (Å²) in [5.41, 5.74) is 3.37. The van der Waals surface area contributed by atoms with Gasteiger partial charge in [-0.15, -0.1) is 6.58 Å². The van der Waals surface area contributed by atoms with Gasteiger partial charge < -0.3 is 4.43 Å². The van der Waals surface area contributed by atoms with Gasteiger partial charge in [-0.2, -0.15) is 0 Å². The number of rotatable bonds is 9. The Balaban J connectivity index is 4.39. The smallest absolute Gasteiger partial charge is 0.200 e. The summed E-state index contributed by atoms with van der Waals surface area (Å²) >= 11 is 0. The molecule has 0 heterocycles. The summed E-state index contributed by atoms with van der Waals surface area (Å²) in [6, 6.07) is 0. The Morgan fingerprint density at radius 1 is 0.944 bits per heavy atom. The van der Waals surface area contributed by atoms with Crippen LogP contribution in [0.25, 0.3) is 0 Å². The van der Waals surface area contributed by atoms with E-state index >= 15 is 0 Å². The van der Waals surface area contributed by atoms with E-state index in [2.05, 4.69) is 55.0 Å². The molecule has 0 saturated heterocycles. The van der Waals surface area contributed by atoms with Crippen molar-refractivity contribution in [1.29, 1.82) is 0 Å². The van der Waals surface area contributed by atoms with Crippen LogP contribution >= 0.6 is 0 Å². The van der Waals surface area contributed by atoms with Gasteiger partial charge in [0.2, 0.25) is 0 Å². The topological polar surface area (TPSA) is 9.23 Å². The summed E-state index contributed by atoms with van der Waals surface area (Å²) < 4.78 is 6.51. The van der Waals surface area contributed by atoms with Crippen molar-refractivity contribution in [1.82, 2.24) is 0 Å². The SMILES string of the molecule is C=C(C)CCCCO[Si](C(C)C)(C(C)C)C(C)C.